The number of para-hydroxylation sites is 1. The van der Waals surface area contributed by atoms with E-state index in [0.29, 0.717) is 44.4 Å². The Labute approximate surface area is 214 Å². The number of rotatable bonds is 6. The highest BCUT2D eigenvalue weighted by Crippen LogP contribution is 2.29. The minimum atomic E-state index is -0.310. The zero-order valence-electron chi connectivity index (χ0n) is 19.0. The third kappa shape index (κ3) is 4.74. The third-order valence-corrected chi connectivity index (χ3v) is 6.37. The van der Waals surface area contributed by atoms with Crippen molar-refractivity contribution >= 4 is 55.6 Å². The van der Waals surface area contributed by atoms with Crippen LogP contribution in [0, 0.1) is 0 Å². The lowest BCUT2D eigenvalue weighted by Crippen LogP contribution is -2.20. The summed E-state index contributed by atoms with van der Waals surface area (Å²) in [6.07, 6.45) is 2.42. The highest BCUT2D eigenvalue weighted by atomic mass is 79.9. The van der Waals surface area contributed by atoms with E-state index in [1.807, 2.05) is 44.2 Å². The Morgan fingerprint density at radius 3 is 2.83 bits per heavy atom. The summed E-state index contributed by atoms with van der Waals surface area (Å²) < 4.78 is 14.3. The minimum absolute atomic E-state index is 0.0128. The first-order valence-corrected chi connectivity index (χ1v) is 12.3. The molecule has 35 heavy (non-hydrogen) atoms. The molecule has 0 aliphatic rings. The summed E-state index contributed by atoms with van der Waals surface area (Å²) >= 11 is 9.73. The van der Waals surface area contributed by atoms with E-state index in [9.17, 15) is 4.79 Å². The molecule has 0 unspecified atom stereocenters. The number of benzene rings is 3. The van der Waals surface area contributed by atoms with Crippen molar-refractivity contribution in [1.29, 1.82) is 0 Å². The first-order valence-electron chi connectivity index (χ1n) is 11.1. The summed E-state index contributed by atoms with van der Waals surface area (Å²) in [6, 6.07) is 20.0. The molecule has 2 aromatic heterocycles. The molecule has 8 heteroatoms. The maximum Gasteiger partial charge on any atom is 0.282 e. The van der Waals surface area contributed by atoms with Crippen LogP contribution in [0.1, 0.15) is 25.8 Å². The molecule has 0 amide bonds. The van der Waals surface area contributed by atoms with Gasteiger partial charge in [-0.2, -0.15) is 9.78 Å². The van der Waals surface area contributed by atoms with Crippen LogP contribution in [-0.2, 0) is 0 Å². The van der Waals surface area contributed by atoms with Crippen LogP contribution >= 0.6 is 27.5 Å². The molecule has 0 saturated heterocycles. The molecule has 0 aliphatic heterocycles. The quantitative estimate of drug-likeness (QED) is 0.208. The number of nitrogens with zero attached hydrogens (tertiary/aromatic N) is 3. The Balaban J connectivity index is 1.69. The predicted octanol–water partition coefficient (Wildman–Crippen LogP) is 7.29. The van der Waals surface area contributed by atoms with E-state index in [1.165, 1.54) is 4.68 Å². The van der Waals surface area contributed by atoms with Gasteiger partial charge in [0.15, 0.2) is 5.76 Å². The average molecular weight is 551 g/mol. The van der Waals surface area contributed by atoms with Gasteiger partial charge in [-0.25, -0.2) is 4.98 Å². The van der Waals surface area contributed by atoms with Crippen molar-refractivity contribution in [3.05, 3.63) is 92.1 Å². The molecule has 5 aromatic rings. The maximum atomic E-state index is 13.5. The molecule has 0 N–H and O–H groups in total. The van der Waals surface area contributed by atoms with Crippen LogP contribution in [0.4, 0.5) is 0 Å². The van der Waals surface area contributed by atoms with Gasteiger partial charge in [0.25, 0.3) is 5.56 Å². The van der Waals surface area contributed by atoms with Gasteiger partial charge in [0.2, 0.25) is 5.82 Å². The molecule has 5 rings (SSSR count). The highest BCUT2D eigenvalue weighted by molar-refractivity contribution is 9.10. The van der Waals surface area contributed by atoms with Crippen molar-refractivity contribution in [2.24, 2.45) is 5.10 Å². The van der Waals surface area contributed by atoms with Crippen molar-refractivity contribution in [1.82, 2.24) is 9.66 Å². The fourth-order valence-electron chi connectivity index (χ4n) is 3.66. The SMILES string of the molecule is CC[C@H](C)Oc1ccc(Cl)cc1C=Nn1c(-c2cc3cc(Br)ccc3o2)nc2ccccc2c1=O. The summed E-state index contributed by atoms with van der Waals surface area (Å²) in [5.74, 6) is 1.36. The molecule has 0 fully saturated rings. The monoisotopic (exact) mass is 549 g/mol. The van der Waals surface area contributed by atoms with Crippen LogP contribution in [0.3, 0.4) is 0 Å². The van der Waals surface area contributed by atoms with Crippen LogP contribution in [0.5, 0.6) is 5.75 Å². The van der Waals surface area contributed by atoms with E-state index in [0.717, 1.165) is 16.3 Å². The van der Waals surface area contributed by atoms with Gasteiger partial charge >= 0.3 is 0 Å². The summed E-state index contributed by atoms with van der Waals surface area (Å²) in [5, 5.41) is 6.41. The molecular formula is C27H21BrClN3O3. The molecule has 176 valence electrons. The van der Waals surface area contributed by atoms with E-state index in [2.05, 4.69) is 21.0 Å². The minimum Gasteiger partial charge on any atom is -0.490 e. The molecule has 0 spiro atoms. The number of hydrogen-bond donors (Lipinski definition) is 0. The van der Waals surface area contributed by atoms with Crippen molar-refractivity contribution in [3.8, 4) is 17.3 Å². The Bertz CT molecular complexity index is 1640. The van der Waals surface area contributed by atoms with Gasteiger partial charge in [-0.05, 0) is 67.9 Å². The topological polar surface area (TPSA) is 69.6 Å². The molecule has 0 bridgehead atoms. The van der Waals surface area contributed by atoms with Crippen LogP contribution in [0.25, 0.3) is 33.5 Å². The summed E-state index contributed by atoms with van der Waals surface area (Å²) in [4.78, 5) is 18.2. The zero-order chi connectivity index (χ0) is 24.5. The largest absolute Gasteiger partial charge is 0.490 e. The highest BCUT2D eigenvalue weighted by Gasteiger charge is 2.17. The molecule has 2 heterocycles. The number of aromatic nitrogens is 2. The van der Waals surface area contributed by atoms with E-state index in [-0.39, 0.29) is 11.7 Å². The van der Waals surface area contributed by atoms with Gasteiger partial charge in [-0.15, -0.1) is 0 Å². The fraction of sp³-hybridized carbons (Fsp3) is 0.148. The Hall–Kier alpha value is -3.42. The molecule has 0 radical (unpaired) electrons. The summed E-state index contributed by atoms with van der Waals surface area (Å²) in [5.41, 5.74) is 1.58. The molecule has 0 aliphatic carbocycles. The molecule has 1 atom stereocenters. The summed E-state index contributed by atoms with van der Waals surface area (Å²) in [7, 11) is 0. The predicted molar refractivity (Wildman–Crippen MR) is 144 cm³/mol. The molecule has 0 saturated carbocycles. The smallest absolute Gasteiger partial charge is 0.282 e. The maximum absolute atomic E-state index is 13.5. The van der Waals surface area contributed by atoms with Gasteiger partial charge < -0.3 is 9.15 Å². The Morgan fingerprint density at radius 1 is 1.17 bits per heavy atom. The van der Waals surface area contributed by atoms with Crippen molar-refractivity contribution < 1.29 is 9.15 Å². The van der Waals surface area contributed by atoms with Crippen LogP contribution < -0.4 is 10.3 Å². The first kappa shape index (κ1) is 23.3. The van der Waals surface area contributed by atoms with Crippen molar-refractivity contribution in [2.45, 2.75) is 26.4 Å². The normalized spacial score (nSPS) is 12.6. The van der Waals surface area contributed by atoms with Crippen LogP contribution in [-0.4, -0.2) is 22.0 Å². The number of halogens is 2. The second-order valence-corrected chi connectivity index (χ2v) is 9.48. The van der Waals surface area contributed by atoms with Gasteiger partial charge in [-0.1, -0.05) is 46.6 Å². The van der Waals surface area contributed by atoms with Crippen molar-refractivity contribution in [3.63, 3.8) is 0 Å². The third-order valence-electron chi connectivity index (χ3n) is 5.64. The lowest BCUT2D eigenvalue weighted by molar-refractivity contribution is 0.217. The molecule has 3 aromatic carbocycles. The average Bonchev–Trinajstić information content (AvgIpc) is 3.27. The number of ether oxygens (including phenoxy) is 1. The van der Waals surface area contributed by atoms with E-state index in [1.54, 1.807) is 42.6 Å². The van der Waals surface area contributed by atoms with Crippen LogP contribution in [0.15, 0.2) is 85.5 Å². The van der Waals surface area contributed by atoms with E-state index < -0.39 is 0 Å². The van der Waals surface area contributed by atoms with Gasteiger partial charge in [0.05, 0.1) is 23.2 Å². The van der Waals surface area contributed by atoms with E-state index in [4.69, 9.17) is 25.7 Å². The lowest BCUT2D eigenvalue weighted by Gasteiger charge is -2.15. The number of hydrogen-bond acceptors (Lipinski definition) is 5. The lowest BCUT2D eigenvalue weighted by atomic mass is 10.2. The molecule has 6 nitrogen and oxygen atoms in total. The standard InChI is InChI=1S/C27H21BrClN3O3/c1-3-16(2)34-24-11-9-20(29)13-18(24)15-30-32-26(31-22-7-5-4-6-21(22)27(32)33)25-14-17-12-19(28)8-10-23(17)35-25/h4-16H,3H2,1-2H3/t16-/m0/s1. The fourth-order valence-corrected chi connectivity index (χ4v) is 4.22. The van der Waals surface area contributed by atoms with Gasteiger partial charge in [0.1, 0.15) is 11.3 Å². The molecular weight excluding hydrogens is 530 g/mol. The number of furan rings is 1. The number of fused-ring (bicyclic) bond motifs is 2. The Morgan fingerprint density at radius 2 is 2.00 bits per heavy atom. The first-order chi connectivity index (χ1) is 16.9. The van der Waals surface area contributed by atoms with Gasteiger partial charge in [-0.3, -0.25) is 4.79 Å². The van der Waals surface area contributed by atoms with Gasteiger partial charge in [0, 0.05) is 20.4 Å². The summed E-state index contributed by atoms with van der Waals surface area (Å²) in [6.45, 7) is 4.04. The second-order valence-electron chi connectivity index (χ2n) is 8.13. The van der Waals surface area contributed by atoms with Crippen molar-refractivity contribution in [2.75, 3.05) is 0 Å². The zero-order valence-corrected chi connectivity index (χ0v) is 21.4. The van der Waals surface area contributed by atoms with E-state index >= 15 is 0 Å². The Kier molecular flexibility index (Phi) is 6.45. The van der Waals surface area contributed by atoms with Crippen LogP contribution in [0.2, 0.25) is 5.02 Å². The second kappa shape index (κ2) is 9.68.